The summed E-state index contributed by atoms with van der Waals surface area (Å²) in [4.78, 5) is 8.79. The summed E-state index contributed by atoms with van der Waals surface area (Å²) < 4.78 is 2.09. The second-order valence-corrected chi connectivity index (χ2v) is 11.5. The summed E-state index contributed by atoms with van der Waals surface area (Å²) in [5.74, 6) is 1.45. The van der Waals surface area contributed by atoms with Crippen LogP contribution in [0.2, 0.25) is 0 Å². The highest BCUT2D eigenvalue weighted by atomic mass is 32.2. The fourth-order valence-corrected chi connectivity index (χ4v) is 4.51. The Labute approximate surface area is 194 Å². The summed E-state index contributed by atoms with van der Waals surface area (Å²) in [5, 5.41) is 14.5. The van der Waals surface area contributed by atoms with Gasteiger partial charge in [-0.25, -0.2) is 9.98 Å². The third-order valence-electron chi connectivity index (χ3n) is 5.46. The van der Waals surface area contributed by atoms with E-state index >= 15 is 0 Å². The molecular formula is C25H42N4OS. The van der Waals surface area contributed by atoms with Crippen molar-refractivity contribution in [1.82, 2.24) is 4.31 Å². The zero-order chi connectivity index (χ0) is 23.1. The van der Waals surface area contributed by atoms with Crippen LogP contribution in [0.15, 0.2) is 22.1 Å². The lowest BCUT2D eigenvalue weighted by Crippen LogP contribution is -2.36. The Hall–Kier alpha value is -1.69. The van der Waals surface area contributed by atoms with Gasteiger partial charge in [-0.3, -0.25) is 4.31 Å². The number of hydrogen-bond donors (Lipinski definition) is 2. The van der Waals surface area contributed by atoms with Crippen LogP contribution < -0.4 is 5.32 Å². The minimum Gasteiger partial charge on any atom is -0.507 e. The Morgan fingerprint density at radius 2 is 1.55 bits per heavy atom. The van der Waals surface area contributed by atoms with Crippen LogP contribution in [0.3, 0.4) is 0 Å². The number of nitrogens with zero attached hydrogens (tertiary/aromatic N) is 3. The van der Waals surface area contributed by atoms with E-state index in [1.54, 1.807) is 18.3 Å². The molecule has 0 saturated carbocycles. The van der Waals surface area contributed by atoms with E-state index in [1.807, 2.05) is 6.34 Å². The van der Waals surface area contributed by atoms with Crippen LogP contribution in [-0.4, -0.2) is 34.1 Å². The molecule has 1 aliphatic rings. The molecule has 0 bridgehead atoms. The van der Waals surface area contributed by atoms with Crippen LogP contribution in [0.1, 0.15) is 98.1 Å². The van der Waals surface area contributed by atoms with Gasteiger partial charge in [-0.15, -0.1) is 0 Å². The summed E-state index contributed by atoms with van der Waals surface area (Å²) >= 11 is 1.77. The van der Waals surface area contributed by atoms with Crippen molar-refractivity contribution in [2.24, 2.45) is 9.98 Å². The second-order valence-electron chi connectivity index (χ2n) is 10.4. The standard InChI is InChI=1S/C25H42N4OS/c1-8-9-10-11-12-13-14-31-29-18-26-17-27-23(29)28-19-15-20(24(2,3)4)22(30)21(16-19)25(5,6)7/h15-18,23,28,30H,8-14H2,1-7H3. The van der Waals surface area contributed by atoms with Crippen molar-refractivity contribution in [1.29, 1.82) is 0 Å². The van der Waals surface area contributed by atoms with Crippen LogP contribution in [-0.2, 0) is 10.8 Å². The van der Waals surface area contributed by atoms with Crippen LogP contribution in [0.5, 0.6) is 5.75 Å². The molecule has 0 aromatic heterocycles. The molecule has 2 rings (SSSR count). The Kier molecular flexibility index (Phi) is 9.28. The molecule has 1 aliphatic heterocycles. The van der Waals surface area contributed by atoms with E-state index < -0.39 is 0 Å². The summed E-state index contributed by atoms with van der Waals surface area (Å²) in [6.07, 6.45) is 11.0. The molecule has 0 spiro atoms. The van der Waals surface area contributed by atoms with Crippen LogP contribution >= 0.6 is 11.9 Å². The maximum absolute atomic E-state index is 11.0. The van der Waals surface area contributed by atoms with Crippen molar-refractivity contribution < 1.29 is 5.11 Å². The van der Waals surface area contributed by atoms with Gasteiger partial charge in [-0.1, -0.05) is 80.6 Å². The van der Waals surface area contributed by atoms with Gasteiger partial charge in [0.05, 0.1) is 0 Å². The van der Waals surface area contributed by atoms with Gasteiger partial charge < -0.3 is 10.4 Å². The number of aromatic hydroxyl groups is 1. The molecule has 174 valence electrons. The predicted octanol–water partition coefficient (Wildman–Crippen LogP) is 7.06. The van der Waals surface area contributed by atoms with E-state index in [4.69, 9.17) is 0 Å². The maximum Gasteiger partial charge on any atom is 0.208 e. The fraction of sp³-hybridized carbons (Fsp3) is 0.680. The molecule has 6 heteroatoms. The van der Waals surface area contributed by atoms with E-state index in [2.05, 4.69) is 80.2 Å². The quantitative estimate of drug-likeness (QED) is 0.229. The van der Waals surface area contributed by atoms with Gasteiger partial charge in [0.25, 0.3) is 0 Å². The minimum absolute atomic E-state index is 0.161. The third-order valence-corrected chi connectivity index (χ3v) is 6.52. The molecular weight excluding hydrogens is 404 g/mol. The third kappa shape index (κ3) is 7.74. The Morgan fingerprint density at radius 1 is 0.968 bits per heavy atom. The summed E-state index contributed by atoms with van der Waals surface area (Å²) in [7, 11) is 0. The molecule has 0 saturated heterocycles. The number of hydrogen-bond acceptors (Lipinski definition) is 6. The van der Waals surface area contributed by atoms with Crippen molar-refractivity contribution in [2.45, 2.75) is 104 Å². The number of aliphatic imine (C=N–C) groups is 2. The number of rotatable bonds is 10. The number of unbranched alkanes of at least 4 members (excludes halogenated alkanes) is 5. The first kappa shape index (κ1) is 25.6. The monoisotopic (exact) mass is 446 g/mol. The van der Waals surface area contributed by atoms with Crippen LogP contribution in [0.25, 0.3) is 0 Å². The zero-order valence-corrected chi connectivity index (χ0v) is 21.4. The van der Waals surface area contributed by atoms with Crippen molar-refractivity contribution in [3.8, 4) is 5.75 Å². The largest absolute Gasteiger partial charge is 0.507 e. The Morgan fingerprint density at radius 3 is 2.13 bits per heavy atom. The first-order valence-electron chi connectivity index (χ1n) is 11.6. The SMILES string of the molecule is CCCCCCCCSN1C=NC=NC1Nc1cc(C(C)(C)C)c(O)c(C(C)(C)C)c1. The second kappa shape index (κ2) is 11.3. The summed E-state index contributed by atoms with van der Waals surface area (Å²) in [5.41, 5.74) is 2.54. The molecule has 1 aromatic carbocycles. The molecule has 0 aliphatic carbocycles. The minimum atomic E-state index is -0.215. The van der Waals surface area contributed by atoms with Gasteiger partial charge >= 0.3 is 0 Å². The van der Waals surface area contributed by atoms with Gasteiger partial charge in [0.1, 0.15) is 18.4 Å². The van der Waals surface area contributed by atoms with Crippen molar-refractivity contribution >= 4 is 30.3 Å². The van der Waals surface area contributed by atoms with E-state index in [1.165, 1.54) is 38.5 Å². The van der Waals surface area contributed by atoms with E-state index in [-0.39, 0.29) is 17.1 Å². The number of nitrogens with one attached hydrogen (secondary N) is 1. The van der Waals surface area contributed by atoms with Crippen molar-refractivity contribution in [2.75, 3.05) is 11.1 Å². The highest BCUT2D eigenvalue weighted by molar-refractivity contribution is 7.97. The number of phenolic OH excluding ortho intramolecular Hbond substituents is 1. The molecule has 2 N–H and O–H groups in total. The number of benzene rings is 1. The van der Waals surface area contributed by atoms with Gasteiger partial charge in [-0.2, -0.15) is 0 Å². The first-order chi connectivity index (χ1) is 14.5. The summed E-state index contributed by atoms with van der Waals surface area (Å²) in [6.45, 7) is 15.0. The lowest BCUT2D eigenvalue weighted by molar-refractivity contribution is 0.423. The van der Waals surface area contributed by atoms with Crippen LogP contribution in [0, 0.1) is 0 Å². The molecule has 31 heavy (non-hydrogen) atoms. The summed E-state index contributed by atoms with van der Waals surface area (Å²) in [6, 6.07) is 4.12. The molecule has 1 atom stereocenters. The predicted molar refractivity (Wildman–Crippen MR) is 138 cm³/mol. The average molecular weight is 447 g/mol. The molecule has 1 aromatic rings. The number of phenols is 1. The average Bonchev–Trinajstić information content (AvgIpc) is 2.68. The number of anilines is 1. The van der Waals surface area contributed by atoms with Gasteiger partial charge in [0.2, 0.25) is 6.29 Å². The topological polar surface area (TPSA) is 60.2 Å². The lowest BCUT2D eigenvalue weighted by Gasteiger charge is -2.31. The first-order valence-corrected chi connectivity index (χ1v) is 12.6. The van der Waals surface area contributed by atoms with Crippen molar-refractivity contribution in [3.63, 3.8) is 0 Å². The molecule has 1 heterocycles. The van der Waals surface area contributed by atoms with Gasteiger partial charge in [0.15, 0.2) is 0 Å². The fourth-order valence-electron chi connectivity index (χ4n) is 3.59. The molecule has 1 unspecified atom stereocenters. The van der Waals surface area contributed by atoms with E-state index in [0.29, 0.717) is 5.75 Å². The van der Waals surface area contributed by atoms with Crippen LogP contribution in [0.4, 0.5) is 5.69 Å². The highest BCUT2D eigenvalue weighted by Crippen LogP contribution is 2.41. The highest BCUT2D eigenvalue weighted by Gasteiger charge is 2.27. The zero-order valence-electron chi connectivity index (χ0n) is 20.5. The maximum atomic E-state index is 11.0. The van der Waals surface area contributed by atoms with Gasteiger partial charge in [0, 0.05) is 22.6 Å². The molecule has 5 nitrogen and oxygen atoms in total. The smallest absolute Gasteiger partial charge is 0.208 e. The van der Waals surface area contributed by atoms with E-state index in [0.717, 1.165) is 22.6 Å². The van der Waals surface area contributed by atoms with Gasteiger partial charge in [-0.05, 0) is 41.3 Å². The Balaban J connectivity index is 2.10. The molecule has 0 amide bonds. The Bertz CT molecular complexity index is 727. The van der Waals surface area contributed by atoms with E-state index in [9.17, 15) is 5.11 Å². The van der Waals surface area contributed by atoms with Crippen molar-refractivity contribution in [3.05, 3.63) is 23.3 Å². The lowest BCUT2D eigenvalue weighted by atomic mass is 9.79. The molecule has 0 fully saturated rings. The normalized spacial score (nSPS) is 16.7. The molecule has 0 radical (unpaired) electrons.